The third-order valence-corrected chi connectivity index (χ3v) is 3.53. The van der Waals surface area contributed by atoms with Gasteiger partial charge in [-0.15, -0.1) is 0 Å². The average Bonchev–Trinajstić information content (AvgIpc) is 2.46. The molecule has 0 atom stereocenters. The molecule has 0 aliphatic carbocycles. The molecular formula is C15H17BrN2O. The van der Waals surface area contributed by atoms with E-state index in [9.17, 15) is 0 Å². The molecule has 2 rings (SSSR count). The van der Waals surface area contributed by atoms with Gasteiger partial charge in [-0.2, -0.15) is 0 Å². The van der Waals surface area contributed by atoms with E-state index >= 15 is 0 Å². The maximum Gasteiger partial charge on any atom is 0.133 e. The maximum absolute atomic E-state index is 5.58. The van der Waals surface area contributed by atoms with Gasteiger partial charge in [-0.25, -0.2) is 0 Å². The van der Waals surface area contributed by atoms with E-state index in [1.54, 1.807) is 7.11 Å². The number of anilines is 1. The molecule has 0 spiro atoms. The van der Waals surface area contributed by atoms with Gasteiger partial charge >= 0.3 is 0 Å². The fourth-order valence-electron chi connectivity index (χ4n) is 1.77. The van der Waals surface area contributed by atoms with Crippen molar-refractivity contribution in [3.05, 3.63) is 58.1 Å². The van der Waals surface area contributed by atoms with Crippen molar-refractivity contribution in [3.63, 3.8) is 0 Å². The van der Waals surface area contributed by atoms with Crippen LogP contribution < -0.4 is 15.8 Å². The van der Waals surface area contributed by atoms with E-state index < -0.39 is 0 Å². The van der Waals surface area contributed by atoms with Crippen LogP contribution in [0.3, 0.4) is 0 Å². The van der Waals surface area contributed by atoms with Gasteiger partial charge < -0.3 is 15.8 Å². The van der Waals surface area contributed by atoms with Crippen LogP contribution in [0.2, 0.25) is 0 Å². The number of ether oxygens (including phenoxy) is 1. The van der Waals surface area contributed by atoms with E-state index in [0.29, 0.717) is 6.54 Å². The molecule has 100 valence electrons. The molecule has 3 nitrogen and oxygen atoms in total. The van der Waals surface area contributed by atoms with Crippen LogP contribution in [0.5, 0.6) is 5.75 Å². The SMILES string of the molecule is COc1ccc(NCc2ccc(CN)cc2)cc1Br. The third-order valence-electron chi connectivity index (χ3n) is 2.91. The third kappa shape index (κ3) is 3.72. The van der Waals surface area contributed by atoms with Crippen LogP contribution in [-0.2, 0) is 13.1 Å². The Morgan fingerprint density at radius 3 is 2.37 bits per heavy atom. The molecule has 0 saturated carbocycles. The Bertz CT molecular complexity index is 540. The Balaban J connectivity index is 1.99. The molecule has 0 radical (unpaired) electrons. The lowest BCUT2D eigenvalue weighted by molar-refractivity contribution is 0.412. The van der Waals surface area contributed by atoms with E-state index in [0.717, 1.165) is 28.0 Å². The number of nitrogens with one attached hydrogen (secondary N) is 1. The first-order chi connectivity index (χ1) is 9.22. The van der Waals surface area contributed by atoms with E-state index in [1.165, 1.54) is 5.56 Å². The summed E-state index contributed by atoms with van der Waals surface area (Å²) in [7, 11) is 1.66. The van der Waals surface area contributed by atoms with Crippen LogP contribution in [0.15, 0.2) is 46.9 Å². The van der Waals surface area contributed by atoms with Gasteiger partial charge in [0.15, 0.2) is 0 Å². The number of rotatable bonds is 5. The molecule has 0 fully saturated rings. The maximum atomic E-state index is 5.58. The summed E-state index contributed by atoms with van der Waals surface area (Å²) in [5, 5.41) is 3.37. The quantitative estimate of drug-likeness (QED) is 0.886. The second kappa shape index (κ2) is 6.59. The molecule has 2 aromatic rings. The molecule has 0 aliphatic rings. The lowest BCUT2D eigenvalue weighted by atomic mass is 10.1. The minimum Gasteiger partial charge on any atom is -0.496 e. The first kappa shape index (κ1) is 13.9. The van der Waals surface area contributed by atoms with Gasteiger partial charge in [-0.3, -0.25) is 0 Å². The van der Waals surface area contributed by atoms with Crippen molar-refractivity contribution in [2.75, 3.05) is 12.4 Å². The highest BCUT2D eigenvalue weighted by Crippen LogP contribution is 2.27. The number of methoxy groups -OCH3 is 1. The normalized spacial score (nSPS) is 10.3. The van der Waals surface area contributed by atoms with Crippen LogP contribution in [0.25, 0.3) is 0 Å². The molecule has 0 saturated heterocycles. The van der Waals surface area contributed by atoms with Gasteiger partial charge in [0.25, 0.3) is 0 Å². The average molecular weight is 321 g/mol. The molecule has 19 heavy (non-hydrogen) atoms. The molecule has 0 unspecified atom stereocenters. The van der Waals surface area contributed by atoms with Crippen LogP contribution in [0.4, 0.5) is 5.69 Å². The second-order valence-electron chi connectivity index (χ2n) is 4.22. The summed E-state index contributed by atoms with van der Waals surface area (Å²) < 4.78 is 6.14. The van der Waals surface area contributed by atoms with Gasteiger partial charge in [-0.05, 0) is 45.3 Å². The molecule has 0 bridgehead atoms. The number of benzene rings is 2. The summed E-state index contributed by atoms with van der Waals surface area (Å²) in [6.45, 7) is 1.36. The number of nitrogens with two attached hydrogens (primary N) is 1. The molecule has 2 aromatic carbocycles. The standard InChI is InChI=1S/C15H17BrN2O/c1-19-15-7-6-13(8-14(15)16)18-10-12-4-2-11(9-17)3-5-12/h2-8,18H,9-10,17H2,1H3. The van der Waals surface area contributed by atoms with Gasteiger partial charge in [0.1, 0.15) is 5.75 Å². The Morgan fingerprint density at radius 2 is 1.79 bits per heavy atom. The number of halogens is 1. The highest BCUT2D eigenvalue weighted by Gasteiger charge is 2.01. The topological polar surface area (TPSA) is 47.3 Å². The summed E-state index contributed by atoms with van der Waals surface area (Å²) in [5.41, 5.74) is 9.00. The first-order valence-corrected chi connectivity index (χ1v) is 6.87. The van der Waals surface area contributed by atoms with Gasteiger partial charge in [0.05, 0.1) is 11.6 Å². The Hall–Kier alpha value is -1.52. The van der Waals surface area contributed by atoms with Crippen LogP contribution in [-0.4, -0.2) is 7.11 Å². The Labute approximate surface area is 121 Å². The highest BCUT2D eigenvalue weighted by atomic mass is 79.9. The van der Waals surface area contributed by atoms with E-state index in [-0.39, 0.29) is 0 Å². The van der Waals surface area contributed by atoms with Crippen molar-refractivity contribution in [2.24, 2.45) is 5.73 Å². The first-order valence-electron chi connectivity index (χ1n) is 6.08. The predicted molar refractivity (Wildman–Crippen MR) is 82.4 cm³/mol. The fraction of sp³-hybridized carbons (Fsp3) is 0.200. The fourth-order valence-corrected chi connectivity index (χ4v) is 2.31. The number of hydrogen-bond donors (Lipinski definition) is 2. The van der Waals surface area contributed by atoms with Crippen molar-refractivity contribution in [1.82, 2.24) is 0 Å². The molecule has 0 aliphatic heterocycles. The second-order valence-corrected chi connectivity index (χ2v) is 5.08. The zero-order chi connectivity index (χ0) is 13.7. The van der Waals surface area contributed by atoms with Gasteiger partial charge in [0, 0.05) is 18.8 Å². The molecule has 3 N–H and O–H groups in total. The Kier molecular flexibility index (Phi) is 4.82. The summed E-state index contributed by atoms with van der Waals surface area (Å²) in [4.78, 5) is 0. The minimum absolute atomic E-state index is 0.582. The minimum atomic E-state index is 0.582. The van der Waals surface area contributed by atoms with Crippen molar-refractivity contribution < 1.29 is 4.74 Å². The van der Waals surface area contributed by atoms with Crippen molar-refractivity contribution in [3.8, 4) is 5.75 Å². The zero-order valence-corrected chi connectivity index (χ0v) is 12.4. The Morgan fingerprint density at radius 1 is 1.11 bits per heavy atom. The molecule has 0 heterocycles. The summed E-state index contributed by atoms with van der Waals surface area (Å²) in [6, 6.07) is 14.2. The monoisotopic (exact) mass is 320 g/mol. The summed E-state index contributed by atoms with van der Waals surface area (Å²) in [5.74, 6) is 0.831. The number of hydrogen-bond acceptors (Lipinski definition) is 3. The van der Waals surface area contributed by atoms with Crippen molar-refractivity contribution >= 4 is 21.6 Å². The van der Waals surface area contributed by atoms with E-state index in [4.69, 9.17) is 10.5 Å². The molecule has 0 amide bonds. The van der Waals surface area contributed by atoms with Crippen LogP contribution >= 0.6 is 15.9 Å². The smallest absolute Gasteiger partial charge is 0.133 e. The molecule has 4 heteroatoms. The molecular weight excluding hydrogens is 304 g/mol. The van der Waals surface area contributed by atoms with Crippen LogP contribution in [0.1, 0.15) is 11.1 Å². The van der Waals surface area contributed by atoms with Crippen molar-refractivity contribution in [2.45, 2.75) is 13.1 Å². The highest BCUT2D eigenvalue weighted by molar-refractivity contribution is 9.10. The van der Waals surface area contributed by atoms with E-state index in [1.807, 2.05) is 18.2 Å². The van der Waals surface area contributed by atoms with Gasteiger partial charge in [-0.1, -0.05) is 24.3 Å². The zero-order valence-electron chi connectivity index (χ0n) is 10.8. The predicted octanol–water partition coefficient (Wildman–Crippen LogP) is 3.53. The van der Waals surface area contributed by atoms with E-state index in [2.05, 4.69) is 45.5 Å². The van der Waals surface area contributed by atoms with Crippen molar-refractivity contribution in [1.29, 1.82) is 0 Å². The molecule has 0 aromatic heterocycles. The largest absolute Gasteiger partial charge is 0.496 e. The van der Waals surface area contributed by atoms with Gasteiger partial charge in [0.2, 0.25) is 0 Å². The lowest BCUT2D eigenvalue weighted by Gasteiger charge is -2.09. The van der Waals surface area contributed by atoms with Crippen LogP contribution in [0, 0.1) is 0 Å². The summed E-state index contributed by atoms with van der Waals surface area (Å²) in [6.07, 6.45) is 0. The lowest BCUT2D eigenvalue weighted by Crippen LogP contribution is -2.01. The summed E-state index contributed by atoms with van der Waals surface area (Å²) >= 11 is 3.47.